The van der Waals surface area contributed by atoms with Gasteiger partial charge in [0.15, 0.2) is 6.29 Å². The second-order valence-electron chi connectivity index (χ2n) is 2.53. The number of carbonyl (C=O) groups excluding carboxylic acids is 1. The van der Waals surface area contributed by atoms with Gasteiger partial charge in [-0.05, 0) is 24.6 Å². The maximum absolute atomic E-state index is 10.5. The first-order chi connectivity index (χ1) is 5.69. The van der Waals surface area contributed by atoms with Crippen LogP contribution in [0, 0.1) is 18.3 Å². The van der Waals surface area contributed by atoms with Gasteiger partial charge in [0.1, 0.15) is 0 Å². The average molecular weight is 160 g/mol. The van der Waals surface area contributed by atoms with Gasteiger partial charge in [0.05, 0.1) is 11.6 Å². The fourth-order valence-corrected chi connectivity index (χ4v) is 0.988. The van der Waals surface area contributed by atoms with E-state index in [-0.39, 0.29) is 0 Å². The molecule has 0 bridgehead atoms. The highest BCUT2D eigenvalue weighted by atomic mass is 16.1. The molecule has 0 aliphatic carbocycles. The van der Waals surface area contributed by atoms with Crippen LogP contribution >= 0.6 is 0 Å². The highest BCUT2D eigenvalue weighted by Crippen LogP contribution is 2.17. The largest absolute Gasteiger partial charge is 0.398 e. The lowest BCUT2D eigenvalue weighted by molar-refractivity contribution is 0.112. The summed E-state index contributed by atoms with van der Waals surface area (Å²) >= 11 is 0. The van der Waals surface area contributed by atoms with Gasteiger partial charge >= 0.3 is 0 Å². The van der Waals surface area contributed by atoms with Crippen LogP contribution < -0.4 is 5.73 Å². The third-order valence-electron chi connectivity index (χ3n) is 1.67. The Hall–Kier alpha value is -1.82. The number of carbonyl (C=O) groups is 1. The lowest BCUT2D eigenvalue weighted by Gasteiger charge is -2.02. The van der Waals surface area contributed by atoms with Gasteiger partial charge in [0.2, 0.25) is 0 Å². The molecule has 1 aromatic rings. The molecule has 0 fully saturated rings. The predicted molar refractivity (Wildman–Crippen MR) is 45.7 cm³/mol. The van der Waals surface area contributed by atoms with E-state index in [0.29, 0.717) is 23.1 Å². The number of aryl methyl sites for hydroxylation is 1. The zero-order valence-electron chi connectivity index (χ0n) is 6.66. The number of nitrogens with two attached hydrogens (primary N) is 1. The van der Waals surface area contributed by atoms with E-state index in [2.05, 4.69) is 0 Å². The highest BCUT2D eigenvalue weighted by Gasteiger charge is 2.03. The Bertz CT molecular complexity index is 364. The number of hydrogen-bond acceptors (Lipinski definition) is 3. The maximum Gasteiger partial charge on any atom is 0.152 e. The molecule has 2 N–H and O–H groups in total. The Morgan fingerprint density at radius 1 is 1.58 bits per heavy atom. The van der Waals surface area contributed by atoms with Crippen LogP contribution in [0.4, 0.5) is 5.69 Å². The monoisotopic (exact) mass is 160 g/mol. The van der Waals surface area contributed by atoms with Crippen LogP contribution in [0.25, 0.3) is 0 Å². The first-order valence-electron chi connectivity index (χ1n) is 3.44. The lowest BCUT2D eigenvalue weighted by Crippen LogP contribution is -1.97. The van der Waals surface area contributed by atoms with Gasteiger partial charge in [-0.25, -0.2) is 0 Å². The molecule has 1 aromatic carbocycles. The molecule has 3 nitrogen and oxygen atoms in total. The summed E-state index contributed by atoms with van der Waals surface area (Å²) in [5, 5.41) is 8.57. The second-order valence-corrected chi connectivity index (χ2v) is 2.53. The molecule has 0 aromatic heterocycles. The molecule has 3 heteroatoms. The molecule has 0 unspecified atom stereocenters. The Morgan fingerprint density at radius 3 is 2.75 bits per heavy atom. The van der Waals surface area contributed by atoms with Crippen molar-refractivity contribution in [1.82, 2.24) is 0 Å². The summed E-state index contributed by atoms with van der Waals surface area (Å²) in [4.78, 5) is 10.5. The summed E-state index contributed by atoms with van der Waals surface area (Å²) < 4.78 is 0. The molecule has 0 aliphatic heterocycles. The zero-order valence-corrected chi connectivity index (χ0v) is 6.66. The Balaban J connectivity index is 3.41. The van der Waals surface area contributed by atoms with Gasteiger partial charge in [0.25, 0.3) is 0 Å². The molecule has 0 spiro atoms. The summed E-state index contributed by atoms with van der Waals surface area (Å²) in [5.74, 6) is 0. The van der Waals surface area contributed by atoms with Crippen LogP contribution in [0.15, 0.2) is 12.1 Å². The van der Waals surface area contributed by atoms with Crippen LogP contribution in [0.2, 0.25) is 0 Å². The van der Waals surface area contributed by atoms with Crippen molar-refractivity contribution < 1.29 is 4.79 Å². The number of benzene rings is 1. The number of anilines is 1. The molecule has 0 heterocycles. The molecule has 0 saturated carbocycles. The first kappa shape index (κ1) is 8.28. The average Bonchev–Trinajstić information content (AvgIpc) is 2.09. The minimum absolute atomic E-state index is 0.381. The van der Waals surface area contributed by atoms with Crippen molar-refractivity contribution in [3.05, 3.63) is 28.8 Å². The van der Waals surface area contributed by atoms with Crippen LogP contribution in [0.5, 0.6) is 0 Å². The van der Waals surface area contributed by atoms with Crippen LogP contribution in [-0.4, -0.2) is 6.29 Å². The number of rotatable bonds is 1. The maximum atomic E-state index is 10.5. The van der Waals surface area contributed by atoms with Crippen LogP contribution in [0.1, 0.15) is 21.5 Å². The predicted octanol–water partition coefficient (Wildman–Crippen LogP) is 1.26. The molecule has 0 saturated heterocycles. The molecule has 0 atom stereocenters. The molecule has 0 amide bonds. The molecule has 1 rings (SSSR count). The smallest absolute Gasteiger partial charge is 0.152 e. The fourth-order valence-electron chi connectivity index (χ4n) is 0.988. The molecule has 12 heavy (non-hydrogen) atoms. The van der Waals surface area contributed by atoms with Crippen molar-refractivity contribution in [3.63, 3.8) is 0 Å². The number of hydrogen-bond donors (Lipinski definition) is 1. The summed E-state index contributed by atoms with van der Waals surface area (Å²) in [6, 6.07) is 5.09. The van der Waals surface area contributed by atoms with E-state index in [4.69, 9.17) is 11.0 Å². The standard InChI is InChI=1S/C9H8N2O/c1-6-2-7(4-10)3-8(5-12)9(6)11/h2-3,5H,11H2,1H3. The minimum atomic E-state index is 0.381. The van der Waals surface area contributed by atoms with E-state index in [9.17, 15) is 4.79 Å². The first-order valence-corrected chi connectivity index (χ1v) is 3.44. The second kappa shape index (κ2) is 3.05. The van der Waals surface area contributed by atoms with Gasteiger partial charge in [-0.3, -0.25) is 4.79 Å². The van der Waals surface area contributed by atoms with Gasteiger partial charge in [-0.15, -0.1) is 0 Å². The quantitative estimate of drug-likeness (QED) is 0.496. The minimum Gasteiger partial charge on any atom is -0.398 e. The van der Waals surface area contributed by atoms with E-state index in [1.807, 2.05) is 6.07 Å². The zero-order chi connectivity index (χ0) is 9.14. The van der Waals surface area contributed by atoms with Crippen molar-refractivity contribution >= 4 is 12.0 Å². The molecule has 0 radical (unpaired) electrons. The van der Waals surface area contributed by atoms with Crippen molar-refractivity contribution in [3.8, 4) is 6.07 Å². The molecule has 60 valence electrons. The molecular weight excluding hydrogens is 152 g/mol. The fraction of sp³-hybridized carbons (Fsp3) is 0.111. The van der Waals surface area contributed by atoms with Crippen molar-refractivity contribution in [2.45, 2.75) is 6.92 Å². The van der Waals surface area contributed by atoms with Crippen molar-refractivity contribution in [1.29, 1.82) is 5.26 Å². The normalized spacial score (nSPS) is 9.00. The van der Waals surface area contributed by atoms with E-state index < -0.39 is 0 Å². The summed E-state index contributed by atoms with van der Waals surface area (Å²) in [5.41, 5.74) is 7.63. The summed E-state index contributed by atoms with van der Waals surface area (Å²) in [6.07, 6.45) is 0.656. The number of nitrogens with zero attached hydrogens (tertiary/aromatic N) is 1. The topological polar surface area (TPSA) is 66.9 Å². The van der Waals surface area contributed by atoms with E-state index in [0.717, 1.165) is 5.56 Å². The number of nitriles is 1. The third kappa shape index (κ3) is 1.28. The van der Waals surface area contributed by atoms with E-state index in [1.165, 1.54) is 6.07 Å². The highest BCUT2D eigenvalue weighted by molar-refractivity contribution is 5.85. The van der Waals surface area contributed by atoms with Gasteiger partial charge in [-0.2, -0.15) is 5.26 Å². The Morgan fingerprint density at radius 2 is 2.25 bits per heavy atom. The van der Waals surface area contributed by atoms with E-state index in [1.54, 1.807) is 13.0 Å². The van der Waals surface area contributed by atoms with Gasteiger partial charge in [-0.1, -0.05) is 0 Å². The summed E-state index contributed by atoms with van der Waals surface area (Å²) in [6.45, 7) is 1.77. The third-order valence-corrected chi connectivity index (χ3v) is 1.67. The lowest BCUT2D eigenvalue weighted by atomic mass is 10.1. The van der Waals surface area contributed by atoms with Crippen molar-refractivity contribution in [2.24, 2.45) is 0 Å². The van der Waals surface area contributed by atoms with Gasteiger partial charge in [0, 0.05) is 11.3 Å². The van der Waals surface area contributed by atoms with Crippen LogP contribution in [0.3, 0.4) is 0 Å². The number of aldehydes is 1. The van der Waals surface area contributed by atoms with Crippen LogP contribution in [-0.2, 0) is 0 Å². The summed E-state index contributed by atoms with van der Waals surface area (Å²) in [7, 11) is 0. The number of nitrogen functional groups attached to an aromatic ring is 1. The van der Waals surface area contributed by atoms with Gasteiger partial charge < -0.3 is 5.73 Å². The SMILES string of the molecule is Cc1cc(C#N)cc(C=O)c1N. The Kier molecular flexibility index (Phi) is 2.11. The Labute approximate surface area is 70.4 Å². The molecule has 0 aliphatic rings. The van der Waals surface area contributed by atoms with E-state index >= 15 is 0 Å². The van der Waals surface area contributed by atoms with Crippen molar-refractivity contribution in [2.75, 3.05) is 5.73 Å². The molecular formula is C9H8N2O.